The fourth-order valence-corrected chi connectivity index (χ4v) is 3.87. The topological polar surface area (TPSA) is 50.4 Å². The lowest BCUT2D eigenvalue weighted by atomic mass is 9.74. The lowest BCUT2D eigenvalue weighted by Crippen LogP contribution is -2.45. The number of hydrogen-bond donors (Lipinski definition) is 2. The smallest absolute Gasteiger partial charge is 0.319 e. The van der Waals surface area contributed by atoms with Crippen LogP contribution < -0.4 is 10.6 Å². The molecular weight excluding hydrogens is 336 g/mol. The molecular formula is C23H24N2O2. The van der Waals surface area contributed by atoms with Crippen molar-refractivity contribution in [1.29, 1.82) is 0 Å². The predicted molar refractivity (Wildman–Crippen MR) is 109 cm³/mol. The molecule has 0 radical (unpaired) electrons. The minimum Gasteiger partial charge on any atom is -0.381 e. The number of hydrogen-bond acceptors (Lipinski definition) is 2. The van der Waals surface area contributed by atoms with Gasteiger partial charge in [-0.05, 0) is 29.9 Å². The molecule has 0 aromatic heterocycles. The van der Waals surface area contributed by atoms with Gasteiger partial charge in [0.2, 0.25) is 0 Å². The Morgan fingerprint density at radius 3 is 2.41 bits per heavy atom. The highest BCUT2D eigenvalue weighted by Crippen LogP contribution is 2.34. The van der Waals surface area contributed by atoms with Crippen molar-refractivity contribution >= 4 is 22.5 Å². The molecule has 2 N–H and O–H groups in total. The van der Waals surface area contributed by atoms with Crippen LogP contribution in [-0.4, -0.2) is 25.8 Å². The van der Waals surface area contributed by atoms with Crippen LogP contribution in [0.2, 0.25) is 0 Å². The van der Waals surface area contributed by atoms with Crippen LogP contribution in [0.1, 0.15) is 18.4 Å². The van der Waals surface area contributed by atoms with Crippen LogP contribution >= 0.6 is 0 Å². The monoisotopic (exact) mass is 360 g/mol. The third-order valence-corrected chi connectivity index (χ3v) is 5.46. The highest BCUT2D eigenvalue weighted by molar-refractivity contribution is 6.01. The van der Waals surface area contributed by atoms with Crippen molar-refractivity contribution in [2.45, 2.75) is 18.3 Å². The number of carbonyl (C=O) groups is 1. The van der Waals surface area contributed by atoms with Crippen LogP contribution in [0.3, 0.4) is 0 Å². The number of urea groups is 1. The van der Waals surface area contributed by atoms with Gasteiger partial charge < -0.3 is 15.4 Å². The van der Waals surface area contributed by atoms with E-state index in [2.05, 4.69) is 34.9 Å². The molecule has 2 amide bonds. The molecule has 27 heavy (non-hydrogen) atoms. The molecule has 1 aliphatic heterocycles. The van der Waals surface area contributed by atoms with E-state index in [1.54, 1.807) is 0 Å². The fraction of sp³-hybridized carbons (Fsp3) is 0.261. The van der Waals surface area contributed by atoms with E-state index in [1.165, 1.54) is 5.56 Å². The van der Waals surface area contributed by atoms with Crippen LogP contribution in [-0.2, 0) is 10.2 Å². The van der Waals surface area contributed by atoms with Gasteiger partial charge in [-0.2, -0.15) is 0 Å². The quantitative estimate of drug-likeness (QED) is 0.708. The predicted octanol–water partition coefficient (Wildman–Crippen LogP) is 4.71. The molecule has 0 bridgehead atoms. The molecule has 1 heterocycles. The molecule has 4 heteroatoms. The summed E-state index contributed by atoms with van der Waals surface area (Å²) < 4.78 is 5.57. The van der Waals surface area contributed by atoms with Crippen molar-refractivity contribution in [3.05, 3.63) is 78.4 Å². The first-order valence-electron chi connectivity index (χ1n) is 9.43. The maximum atomic E-state index is 12.6. The van der Waals surface area contributed by atoms with E-state index >= 15 is 0 Å². The van der Waals surface area contributed by atoms with Crippen molar-refractivity contribution in [2.24, 2.45) is 0 Å². The summed E-state index contributed by atoms with van der Waals surface area (Å²) >= 11 is 0. The van der Waals surface area contributed by atoms with Crippen molar-refractivity contribution in [3.8, 4) is 0 Å². The second kappa shape index (κ2) is 7.80. The summed E-state index contributed by atoms with van der Waals surface area (Å²) in [6, 6.07) is 24.3. The van der Waals surface area contributed by atoms with E-state index in [0.29, 0.717) is 6.54 Å². The SMILES string of the molecule is O=C(NCC1(c2ccccc2)CCOCC1)Nc1cccc2ccccc12. The molecule has 0 saturated carbocycles. The van der Waals surface area contributed by atoms with Gasteiger partial charge in [0.25, 0.3) is 0 Å². The zero-order valence-corrected chi connectivity index (χ0v) is 15.3. The summed E-state index contributed by atoms with van der Waals surface area (Å²) in [7, 11) is 0. The third-order valence-electron chi connectivity index (χ3n) is 5.46. The molecule has 1 saturated heterocycles. The molecule has 0 aliphatic carbocycles. The number of anilines is 1. The van der Waals surface area contributed by atoms with Crippen molar-refractivity contribution in [2.75, 3.05) is 25.1 Å². The van der Waals surface area contributed by atoms with Gasteiger partial charge in [-0.15, -0.1) is 0 Å². The van der Waals surface area contributed by atoms with E-state index in [4.69, 9.17) is 4.74 Å². The van der Waals surface area contributed by atoms with Gasteiger partial charge in [0.15, 0.2) is 0 Å². The summed E-state index contributed by atoms with van der Waals surface area (Å²) in [6.07, 6.45) is 1.82. The van der Waals surface area contributed by atoms with Crippen LogP contribution in [0.4, 0.5) is 10.5 Å². The number of fused-ring (bicyclic) bond motifs is 1. The molecule has 3 aromatic carbocycles. The van der Waals surface area contributed by atoms with Crippen molar-refractivity contribution in [1.82, 2.24) is 5.32 Å². The Morgan fingerprint density at radius 2 is 1.59 bits per heavy atom. The summed E-state index contributed by atoms with van der Waals surface area (Å²) in [5.74, 6) is 0. The van der Waals surface area contributed by atoms with Crippen LogP contribution in [0, 0.1) is 0 Å². The summed E-state index contributed by atoms with van der Waals surface area (Å²) in [5, 5.41) is 8.26. The largest absolute Gasteiger partial charge is 0.381 e. The van der Waals surface area contributed by atoms with Gasteiger partial charge in [-0.3, -0.25) is 0 Å². The Labute approximate surface area is 159 Å². The molecule has 1 aliphatic rings. The van der Waals surface area contributed by atoms with Gasteiger partial charge in [0.05, 0.1) is 5.69 Å². The lowest BCUT2D eigenvalue weighted by molar-refractivity contribution is 0.0508. The first-order chi connectivity index (χ1) is 13.3. The number of nitrogens with one attached hydrogen (secondary N) is 2. The van der Waals surface area contributed by atoms with Gasteiger partial charge in [-0.1, -0.05) is 66.7 Å². The van der Waals surface area contributed by atoms with Crippen molar-refractivity contribution < 1.29 is 9.53 Å². The molecule has 138 valence electrons. The molecule has 4 nitrogen and oxygen atoms in total. The van der Waals surface area contributed by atoms with Crippen LogP contribution in [0.5, 0.6) is 0 Å². The average molecular weight is 360 g/mol. The molecule has 4 rings (SSSR count). The lowest BCUT2D eigenvalue weighted by Gasteiger charge is -2.38. The summed E-state index contributed by atoms with van der Waals surface area (Å²) in [5.41, 5.74) is 2.01. The Kier molecular flexibility index (Phi) is 5.07. The van der Waals surface area contributed by atoms with Crippen LogP contribution in [0.15, 0.2) is 72.8 Å². The van der Waals surface area contributed by atoms with E-state index in [-0.39, 0.29) is 11.4 Å². The molecule has 1 fully saturated rings. The molecule has 3 aromatic rings. The summed E-state index contributed by atoms with van der Waals surface area (Å²) in [4.78, 5) is 12.6. The number of benzene rings is 3. The Balaban J connectivity index is 1.48. The summed E-state index contributed by atoms with van der Waals surface area (Å²) in [6.45, 7) is 2.04. The highest BCUT2D eigenvalue weighted by Gasteiger charge is 2.34. The average Bonchev–Trinajstić information content (AvgIpc) is 2.74. The van der Waals surface area contributed by atoms with E-state index in [9.17, 15) is 4.79 Å². The van der Waals surface area contributed by atoms with Gasteiger partial charge >= 0.3 is 6.03 Å². The van der Waals surface area contributed by atoms with E-state index in [1.807, 2.05) is 48.5 Å². The molecule has 0 spiro atoms. The Bertz CT molecular complexity index is 913. The van der Waals surface area contributed by atoms with Crippen LogP contribution in [0.25, 0.3) is 10.8 Å². The van der Waals surface area contributed by atoms with Crippen molar-refractivity contribution in [3.63, 3.8) is 0 Å². The first-order valence-corrected chi connectivity index (χ1v) is 9.43. The Hall–Kier alpha value is -2.85. The number of rotatable bonds is 4. The maximum absolute atomic E-state index is 12.6. The van der Waals surface area contributed by atoms with Gasteiger partial charge in [-0.25, -0.2) is 4.79 Å². The fourth-order valence-electron chi connectivity index (χ4n) is 3.87. The maximum Gasteiger partial charge on any atom is 0.319 e. The second-order valence-electron chi connectivity index (χ2n) is 7.09. The number of ether oxygens (including phenoxy) is 1. The highest BCUT2D eigenvalue weighted by atomic mass is 16.5. The number of carbonyl (C=O) groups excluding carboxylic acids is 1. The van der Waals surface area contributed by atoms with E-state index in [0.717, 1.165) is 42.5 Å². The minimum absolute atomic E-state index is 0.0738. The molecule has 0 unspecified atom stereocenters. The normalized spacial score (nSPS) is 16.0. The zero-order valence-electron chi connectivity index (χ0n) is 15.3. The van der Waals surface area contributed by atoms with Gasteiger partial charge in [0, 0.05) is 30.6 Å². The zero-order chi connectivity index (χ0) is 18.5. The first kappa shape index (κ1) is 17.6. The van der Waals surface area contributed by atoms with Gasteiger partial charge in [0.1, 0.15) is 0 Å². The Morgan fingerprint density at radius 1 is 0.889 bits per heavy atom. The molecule has 0 atom stereocenters. The standard InChI is InChI=1S/C23H24N2O2/c26-22(25-21-12-6-8-18-7-4-5-11-20(18)21)24-17-23(13-15-27-16-14-23)19-9-2-1-3-10-19/h1-12H,13-17H2,(H2,24,25,26). The minimum atomic E-state index is -0.173. The number of amides is 2. The second-order valence-corrected chi connectivity index (χ2v) is 7.09. The van der Waals surface area contributed by atoms with E-state index < -0.39 is 0 Å². The third kappa shape index (κ3) is 3.81.